The van der Waals surface area contributed by atoms with Gasteiger partial charge < -0.3 is 15.4 Å². The molecule has 0 bridgehead atoms. The Bertz CT molecular complexity index is 449. The van der Waals surface area contributed by atoms with Gasteiger partial charge >= 0.3 is 0 Å². The van der Waals surface area contributed by atoms with Crippen molar-refractivity contribution in [3.63, 3.8) is 0 Å². The second kappa shape index (κ2) is 3.82. The largest absolute Gasteiger partial charge is 0.379 e. The van der Waals surface area contributed by atoms with Crippen molar-refractivity contribution in [2.24, 2.45) is 11.1 Å². The molecule has 1 aromatic carbocycles. The second-order valence-corrected chi connectivity index (χ2v) is 4.81. The molecule has 1 aromatic rings. The summed E-state index contributed by atoms with van der Waals surface area (Å²) in [4.78, 5) is 14.4. The molecule has 90 valence electrons. The number of rotatable bonds is 2. The van der Waals surface area contributed by atoms with Crippen LogP contribution >= 0.6 is 0 Å². The predicted molar refractivity (Wildman–Crippen MR) is 64.8 cm³/mol. The lowest BCUT2D eigenvalue weighted by Crippen LogP contribution is -2.59. The fourth-order valence-electron chi connectivity index (χ4n) is 2.51. The van der Waals surface area contributed by atoms with E-state index in [0.717, 1.165) is 18.7 Å². The van der Waals surface area contributed by atoms with Gasteiger partial charge in [0.05, 0.1) is 13.2 Å². The van der Waals surface area contributed by atoms with Gasteiger partial charge in [-0.25, -0.2) is 0 Å². The van der Waals surface area contributed by atoms with E-state index in [9.17, 15) is 4.79 Å². The van der Waals surface area contributed by atoms with E-state index in [4.69, 9.17) is 10.5 Å². The summed E-state index contributed by atoms with van der Waals surface area (Å²) in [6.07, 6.45) is 0.934. The standard InChI is InChI=1S/C13H16N2O2/c14-7-13(8-17-9-13)12(16)15-6-5-10-3-1-2-4-11(10)15/h1-4H,5-9,14H2. The molecule has 0 saturated carbocycles. The molecule has 1 fully saturated rings. The van der Waals surface area contributed by atoms with E-state index in [-0.39, 0.29) is 5.91 Å². The van der Waals surface area contributed by atoms with Crippen LogP contribution in [0, 0.1) is 5.41 Å². The average molecular weight is 232 g/mol. The Kier molecular flexibility index (Phi) is 2.42. The maximum absolute atomic E-state index is 12.5. The molecule has 4 heteroatoms. The van der Waals surface area contributed by atoms with Crippen LogP contribution in [-0.4, -0.2) is 32.2 Å². The number of para-hydroxylation sites is 1. The first kappa shape index (κ1) is 10.7. The van der Waals surface area contributed by atoms with Crippen molar-refractivity contribution in [1.82, 2.24) is 0 Å². The molecule has 2 heterocycles. The van der Waals surface area contributed by atoms with Crippen molar-refractivity contribution < 1.29 is 9.53 Å². The Labute approximate surface area is 100 Å². The molecule has 2 aliphatic rings. The molecule has 0 unspecified atom stereocenters. The molecular formula is C13H16N2O2. The molecule has 0 radical (unpaired) electrons. The number of carbonyl (C=O) groups excluding carboxylic acids is 1. The van der Waals surface area contributed by atoms with Crippen LogP contribution in [0.1, 0.15) is 5.56 Å². The number of nitrogens with zero attached hydrogens (tertiary/aromatic N) is 1. The highest BCUT2D eigenvalue weighted by molar-refractivity contribution is 6.00. The van der Waals surface area contributed by atoms with Gasteiger partial charge in [-0.2, -0.15) is 0 Å². The third-order valence-electron chi connectivity index (χ3n) is 3.73. The van der Waals surface area contributed by atoms with E-state index in [1.165, 1.54) is 5.56 Å². The topological polar surface area (TPSA) is 55.6 Å². The number of hydrogen-bond acceptors (Lipinski definition) is 3. The maximum Gasteiger partial charge on any atom is 0.239 e. The number of anilines is 1. The highest BCUT2D eigenvalue weighted by Crippen LogP contribution is 2.35. The van der Waals surface area contributed by atoms with Crippen molar-refractivity contribution in [1.29, 1.82) is 0 Å². The molecule has 2 N–H and O–H groups in total. The lowest BCUT2D eigenvalue weighted by molar-refractivity contribution is -0.156. The van der Waals surface area contributed by atoms with Crippen LogP contribution in [0.2, 0.25) is 0 Å². The number of carbonyl (C=O) groups is 1. The zero-order chi connectivity index (χ0) is 11.9. The first-order chi connectivity index (χ1) is 8.27. The minimum atomic E-state index is -0.475. The molecule has 0 aliphatic carbocycles. The van der Waals surface area contributed by atoms with Gasteiger partial charge in [0.2, 0.25) is 5.91 Å². The zero-order valence-corrected chi connectivity index (χ0v) is 9.69. The van der Waals surface area contributed by atoms with Crippen LogP contribution in [-0.2, 0) is 16.0 Å². The molecule has 1 amide bonds. The van der Waals surface area contributed by atoms with Crippen LogP contribution in [0.5, 0.6) is 0 Å². The smallest absolute Gasteiger partial charge is 0.239 e. The monoisotopic (exact) mass is 232 g/mol. The lowest BCUT2D eigenvalue weighted by atomic mass is 9.84. The molecule has 0 spiro atoms. The number of hydrogen-bond donors (Lipinski definition) is 1. The van der Waals surface area contributed by atoms with Crippen LogP contribution in [0.15, 0.2) is 24.3 Å². The summed E-state index contributed by atoms with van der Waals surface area (Å²) in [7, 11) is 0. The van der Waals surface area contributed by atoms with Crippen LogP contribution in [0.4, 0.5) is 5.69 Å². The number of nitrogens with two attached hydrogens (primary N) is 1. The summed E-state index contributed by atoms with van der Waals surface area (Å²) in [5.41, 5.74) is 7.54. The zero-order valence-electron chi connectivity index (χ0n) is 9.69. The summed E-state index contributed by atoms with van der Waals surface area (Å²) < 4.78 is 5.17. The molecular weight excluding hydrogens is 216 g/mol. The van der Waals surface area contributed by atoms with E-state index in [0.29, 0.717) is 19.8 Å². The third-order valence-corrected chi connectivity index (χ3v) is 3.73. The number of fused-ring (bicyclic) bond motifs is 1. The second-order valence-electron chi connectivity index (χ2n) is 4.81. The SMILES string of the molecule is NCC1(C(=O)N2CCc3ccccc32)COC1. The number of benzene rings is 1. The number of ether oxygens (including phenoxy) is 1. The maximum atomic E-state index is 12.5. The summed E-state index contributed by atoms with van der Waals surface area (Å²) in [5, 5.41) is 0. The van der Waals surface area contributed by atoms with Gasteiger partial charge in [-0.05, 0) is 18.1 Å². The summed E-state index contributed by atoms with van der Waals surface area (Å²) in [6, 6.07) is 8.06. The molecule has 3 rings (SSSR count). The summed E-state index contributed by atoms with van der Waals surface area (Å²) in [5.74, 6) is 0.121. The van der Waals surface area contributed by atoms with Gasteiger partial charge in [0, 0.05) is 18.8 Å². The lowest BCUT2D eigenvalue weighted by Gasteiger charge is -2.41. The van der Waals surface area contributed by atoms with Crippen molar-refractivity contribution in [2.45, 2.75) is 6.42 Å². The Morgan fingerprint density at radius 1 is 1.41 bits per heavy atom. The Morgan fingerprint density at radius 2 is 2.18 bits per heavy atom. The Hall–Kier alpha value is -1.39. The van der Waals surface area contributed by atoms with Gasteiger partial charge in [0.1, 0.15) is 5.41 Å². The van der Waals surface area contributed by atoms with Crippen molar-refractivity contribution >= 4 is 11.6 Å². The predicted octanol–water partition coefficient (Wildman–Crippen LogP) is 0.551. The van der Waals surface area contributed by atoms with E-state index < -0.39 is 5.41 Å². The van der Waals surface area contributed by atoms with Crippen LogP contribution in [0.3, 0.4) is 0 Å². The Balaban J connectivity index is 1.89. The highest BCUT2D eigenvalue weighted by Gasteiger charge is 2.48. The van der Waals surface area contributed by atoms with Crippen LogP contribution in [0.25, 0.3) is 0 Å². The van der Waals surface area contributed by atoms with E-state index in [1.807, 2.05) is 23.1 Å². The molecule has 4 nitrogen and oxygen atoms in total. The first-order valence-electron chi connectivity index (χ1n) is 5.94. The molecule has 1 saturated heterocycles. The van der Waals surface area contributed by atoms with Crippen molar-refractivity contribution in [3.05, 3.63) is 29.8 Å². The summed E-state index contributed by atoms with van der Waals surface area (Å²) in [6.45, 7) is 2.05. The van der Waals surface area contributed by atoms with Gasteiger partial charge in [-0.1, -0.05) is 18.2 Å². The van der Waals surface area contributed by atoms with Gasteiger partial charge in [-0.15, -0.1) is 0 Å². The fourth-order valence-corrected chi connectivity index (χ4v) is 2.51. The van der Waals surface area contributed by atoms with E-state index in [1.54, 1.807) is 0 Å². The molecule has 2 aliphatic heterocycles. The minimum Gasteiger partial charge on any atom is -0.379 e. The molecule has 17 heavy (non-hydrogen) atoms. The normalized spacial score (nSPS) is 20.9. The summed E-state index contributed by atoms with van der Waals surface area (Å²) >= 11 is 0. The van der Waals surface area contributed by atoms with E-state index in [2.05, 4.69) is 6.07 Å². The third kappa shape index (κ3) is 1.48. The van der Waals surface area contributed by atoms with Gasteiger partial charge in [0.15, 0.2) is 0 Å². The number of amides is 1. The van der Waals surface area contributed by atoms with Crippen molar-refractivity contribution in [2.75, 3.05) is 31.2 Å². The quantitative estimate of drug-likeness (QED) is 0.810. The Morgan fingerprint density at radius 3 is 2.82 bits per heavy atom. The molecule has 0 aromatic heterocycles. The first-order valence-corrected chi connectivity index (χ1v) is 5.94. The van der Waals surface area contributed by atoms with E-state index >= 15 is 0 Å². The van der Waals surface area contributed by atoms with Gasteiger partial charge in [-0.3, -0.25) is 4.79 Å². The minimum absolute atomic E-state index is 0.121. The molecule has 0 atom stereocenters. The fraction of sp³-hybridized carbons (Fsp3) is 0.462. The average Bonchev–Trinajstić information content (AvgIpc) is 2.71. The van der Waals surface area contributed by atoms with Crippen molar-refractivity contribution in [3.8, 4) is 0 Å². The van der Waals surface area contributed by atoms with Crippen LogP contribution < -0.4 is 10.6 Å². The highest BCUT2D eigenvalue weighted by atomic mass is 16.5. The van der Waals surface area contributed by atoms with Gasteiger partial charge in [0.25, 0.3) is 0 Å².